The molecule has 0 spiro atoms. The SMILES string of the molecule is CC(SC12CC3CC(CC(C3)C1)C2)C(=O)Nc1ccc2c(c1)OCO2. The van der Waals surface area contributed by atoms with E-state index in [2.05, 4.69) is 12.2 Å². The Hall–Kier alpha value is -1.36. The molecule has 0 saturated heterocycles. The van der Waals surface area contributed by atoms with Gasteiger partial charge in [-0.05, 0) is 75.3 Å². The van der Waals surface area contributed by atoms with Crippen molar-refractivity contribution in [2.45, 2.75) is 55.4 Å². The first-order chi connectivity index (χ1) is 12.1. The van der Waals surface area contributed by atoms with Gasteiger partial charge in [-0.2, -0.15) is 0 Å². The van der Waals surface area contributed by atoms with Gasteiger partial charge in [0.15, 0.2) is 11.5 Å². The molecule has 4 aliphatic carbocycles. The fourth-order valence-electron chi connectivity index (χ4n) is 5.82. The van der Waals surface area contributed by atoms with Crippen molar-refractivity contribution >= 4 is 23.4 Å². The molecule has 1 N–H and O–H groups in total. The van der Waals surface area contributed by atoms with E-state index in [1.165, 1.54) is 38.5 Å². The van der Waals surface area contributed by atoms with E-state index in [1.807, 2.05) is 30.0 Å². The van der Waals surface area contributed by atoms with Crippen LogP contribution in [0.4, 0.5) is 5.69 Å². The number of benzene rings is 1. The molecule has 5 aliphatic rings. The molecule has 134 valence electrons. The normalized spacial score (nSPS) is 35.6. The predicted octanol–water partition coefficient (Wildman–Crippen LogP) is 4.44. The quantitative estimate of drug-likeness (QED) is 0.863. The molecule has 1 heterocycles. The minimum absolute atomic E-state index is 0.0262. The minimum atomic E-state index is -0.0262. The number of nitrogens with one attached hydrogen (secondary N) is 1. The number of carbonyl (C=O) groups excluding carboxylic acids is 1. The maximum atomic E-state index is 12.7. The van der Waals surface area contributed by atoms with Crippen LogP contribution in [0.2, 0.25) is 0 Å². The highest BCUT2D eigenvalue weighted by Gasteiger charge is 2.52. The standard InChI is InChI=1S/C20H25NO3S/c1-12(19(22)21-16-2-3-17-18(7-16)24-11-23-17)25-20-8-13-4-14(9-20)6-15(5-13)10-20/h2-3,7,12-15H,4-6,8-11H2,1H3,(H,21,22). The van der Waals surface area contributed by atoms with E-state index in [4.69, 9.17) is 9.47 Å². The number of anilines is 1. The molecule has 1 aromatic rings. The molecule has 6 rings (SSSR count). The van der Waals surface area contributed by atoms with Crippen LogP contribution in [0.1, 0.15) is 45.4 Å². The molecule has 0 aromatic heterocycles. The van der Waals surface area contributed by atoms with Crippen LogP contribution in [0.15, 0.2) is 18.2 Å². The molecule has 4 nitrogen and oxygen atoms in total. The summed E-state index contributed by atoms with van der Waals surface area (Å²) in [5.74, 6) is 4.31. The molecule has 1 aliphatic heterocycles. The largest absolute Gasteiger partial charge is 0.454 e. The van der Waals surface area contributed by atoms with Gasteiger partial charge in [-0.25, -0.2) is 0 Å². The van der Waals surface area contributed by atoms with E-state index in [0.717, 1.165) is 29.2 Å². The number of fused-ring (bicyclic) bond motifs is 1. The van der Waals surface area contributed by atoms with Gasteiger partial charge in [-0.1, -0.05) is 0 Å². The second-order valence-corrected chi connectivity index (χ2v) is 10.2. The summed E-state index contributed by atoms with van der Waals surface area (Å²) in [5.41, 5.74) is 0.784. The van der Waals surface area contributed by atoms with Crippen molar-refractivity contribution in [3.63, 3.8) is 0 Å². The number of hydrogen-bond donors (Lipinski definition) is 1. The van der Waals surface area contributed by atoms with Gasteiger partial charge < -0.3 is 14.8 Å². The smallest absolute Gasteiger partial charge is 0.237 e. The monoisotopic (exact) mass is 359 g/mol. The number of ether oxygens (including phenoxy) is 2. The molecule has 4 saturated carbocycles. The summed E-state index contributed by atoms with van der Waals surface area (Å²) in [6.45, 7) is 2.32. The molecule has 1 amide bonds. The van der Waals surface area contributed by atoms with E-state index in [0.29, 0.717) is 10.5 Å². The van der Waals surface area contributed by atoms with E-state index in [1.54, 1.807) is 0 Å². The van der Waals surface area contributed by atoms with Crippen LogP contribution in [0.25, 0.3) is 0 Å². The lowest BCUT2D eigenvalue weighted by Crippen LogP contribution is -2.49. The van der Waals surface area contributed by atoms with Crippen LogP contribution in [-0.4, -0.2) is 22.7 Å². The van der Waals surface area contributed by atoms with Crippen molar-refractivity contribution in [1.82, 2.24) is 0 Å². The first-order valence-electron chi connectivity index (χ1n) is 9.47. The zero-order chi connectivity index (χ0) is 17.0. The summed E-state index contributed by atoms with van der Waals surface area (Å²) in [6, 6.07) is 5.59. The van der Waals surface area contributed by atoms with E-state index in [9.17, 15) is 4.79 Å². The van der Waals surface area contributed by atoms with Crippen molar-refractivity contribution < 1.29 is 14.3 Å². The summed E-state index contributed by atoms with van der Waals surface area (Å²) in [6.07, 6.45) is 8.30. The Bertz CT molecular complexity index is 669. The molecule has 1 aromatic carbocycles. The van der Waals surface area contributed by atoms with Crippen LogP contribution in [0, 0.1) is 17.8 Å². The zero-order valence-corrected chi connectivity index (χ0v) is 15.4. The molecule has 0 radical (unpaired) electrons. The lowest BCUT2D eigenvalue weighted by molar-refractivity contribution is -0.115. The lowest BCUT2D eigenvalue weighted by Gasteiger charge is -2.57. The van der Waals surface area contributed by atoms with Gasteiger partial charge in [0.05, 0.1) is 5.25 Å². The fourth-order valence-corrected chi connectivity index (χ4v) is 7.73. The van der Waals surface area contributed by atoms with Gasteiger partial charge >= 0.3 is 0 Å². The van der Waals surface area contributed by atoms with Gasteiger partial charge in [0.2, 0.25) is 12.7 Å². The van der Waals surface area contributed by atoms with Crippen molar-refractivity contribution in [3.05, 3.63) is 18.2 Å². The van der Waals surface area contributed by atoms with Crippen molar-refractivity contribution in [1.29, 1.82) is 0 Å². The first-order valence-corrected chi connectivity index (χ1v) is 10.3. The zero-order valence-electron chi connectivity index (χ0n) is 14.6. The highest BCUT2D eigenvalue weighted by Crippen LogP contribution is 2.61. The molecule has 4 bridgehead atoms. The van der Waals surface area contributed by atoms with Crippen LogP contribution >= 0.6 is 11.8 Å². The van der Waals surface area contributed by atoms with Crippen LogP contribution < -0.4 is 14.8 Å². The van der Waals surface area contributed by atoms with Crippen LogP contribution in [-0.2, 0) is 4.79 Å². The van der Waals surface area contributed by atoms with Gasteiger partial charge in [-0.3, -0.25) is 4.79 Å². The third kappa shape index (κ3) is 2.90. The number of amides is 1. The Morgan fingerprint density at radius 2 is 1.76 bits per heavy atom. The summed E-state index contributed by atoms with van der Waals surface area (Å²) >= 11 is 1.94. The second kappa shape index (κ2) is 5.83. The minimum Gasteiger partial charge on any atom is -0.454 e. The predicted molar refractivity (Wildman–Crippen MR) is 99.2 cm³/mol. The highest BCUT2D eigenvalue weighted by molar-refractivity contribution is 8.01. The first kappa shape index (κ1) is 15.9. The summed E-state index contributed by atoms with van der Waals surface area (Å²) in [5, 5.41) is 3.03. The average molecular weight is 359 g/mol. The van der Waals surface area contributed by atoms with E-state index < -0.39 is 0 Å². The van der Waals surface area contributed by atoms with Gasteiger partial charge in [0, 0.05) is 16.5 Å². The van der Waals surface area contributed by atoms with Crippen molar-refractivity contribution in [2.24, 2.45) is 17.8 Å². The average Bonchev–Trinajstić information content (AvgIpc) is 3.00. The molecule has 5 heteroatoms. The van der Waals surface area contributed by atoms with Gasteiger partial charge in [0.1, 0.15) is 0 Å². The molecule has 4 fully saturated rings. The Balaban J connectivity index is 1.25. The second-order valence-electron chi connectivity index (χ2n) is 8.42. The van der Waals surface area contributed by atoms with E-state index in [-0.39, 0.29) is 18.0 Å². The fraction of sp³-hybridized carbons (Fsp3) is 0.650. The number of hydrogen-bond acceptors (Lipinski definition) is 4. The topological polar surface area (TPSA) is 47.6 Å². The third-order valence-corrected chi connectivity index (χ3v) is 7.99. The third-order valence-electron chi connectivity index (χ3n) is 6.42. The van der Waals surface area contributed by atoms with Gasteiger partial charge in [0.25, 0.3) is 0 Å². The Morgan fingerprint density at radius 3 is 2.44 bits per heavy atom. The van der Waals surface area contributed by atoms with Crippen LogP contribution in [0.5, 0.6) is 11.5 Å². The number of carbonyl (C=O) groups is 1. The highest BCUT2D eigenvalue weighted by atomic mass is 32.2. The van der Waals surface area contributed by atoms with Crippen LogP contribution in [0.3, 0.4) is 0 Å². The summed E-state index contributed by atoms with van der Waals surface area (Å²) in [7, 11) is 0. The lowest BCUT2D eigenvalue weighted by atomic mass is 9.56. The van der Waals surface area contributed by atoms with E-state index >= 15 is 0 Å². The number of rotatable bonds is 4. The van der Waals surface area contributed by atoms with Gasteiger partial charge in [-0.15, -0.1) is 11.8 Å². The molecular formula is C20H25NO3S. The van der Waals surface area contributed by atoms with Crippen molar-refractivity contribution in [3.8, 4) is 11.5 Å². The Kier molecular flexibility index (Phi) is 3.70. The Morgan fingerprint density at radius 1 is 1.12 bits per heavy atom. The molecule has 25 heavy (non-hydrogen) atoms. The summed E-state index contributed by atoms with van der Waals surface area (Å²) < 4.78 is 11.1. The maximum Gasteiger partial charge on any atom is 0.237 e. The Labute approximate surface area is 153 Å². The molecule has 1 atom stereocenters. The maximum absolute atomic E-state index is 12.7. The molecule has 1 unspecified atom stereocenters. The summed E-state index contributed by atoms with van der Waals surface area (Å²) in [4.78, 5) is 12.7. The van der Waals surface area contributed by atoms with Crippen molar-refractivity contribution in [2.75, 3.05) is 12.1 Å². The molecular weight excluding hydrogens is 334 g/mol. The number of thioether (sulfide) groups is 1.